The molecule has 0 spiro atoms. The standard InChI is InChI=1S/C8H14ClN3O/c1-2-12-8(9)6(5-11-12)7(10)3-4-13/h5,7,13H,2-4,10H2,1H3. The van der Waals surface area contributed by atoms with Gasteiger partial charge in [-0.3, -0.25) is 4.68 Å². The van der Waals surface area contributed by atoms with E-state index in [-0.39, 0.29) is 12.6 Å². The van der Waals surface area contributed by atoms with Crippen LogP contribution >= 0.6 is 11.6 Å². The first kappa shape index (κ1) is 10.5. The van der Waals surface area contributed by atoms with Crippen molar-refractivity contribution in [2.75, 3.05) is 6.61 Å². The van der Waals surface area contributed by atoms with Crippen molar-refractivity contribution >= 4 is 11.6 Å². The number of hydrogen-bond acceptors (Lipinski definition) is 3. The van der Waals surface area contributed by atoms with Gasteiger partial charge in [0.1, 0.15) is 5.15 Å². The second kappa shape index (κ2) is 4.60. The Bertz CT molecular complexity index is 274. The van der Waals surface area contributed by atoms with Gasteiger partial charge in [0.2, 0.25) is 0 Å². The number of aromatic nitrogens is 2. The molecule has 0 aromatic carbocycles. The predicted molar refractivity (Wildman–Crippen MR) is 51.5 cm³/mol. The molecule has 1 unspecified atom stereocenters. The normalized spacial score (nSPS) is 13.2. The summed E-state index contributed by atoms with van der Waals surface area (Å²) in [6, 6.07) is -0.224. The molecule has 0 aliphatic carbocycles. The van der Waals surface area contributed by atoms with E-state index < -0.39 is 0 Å². The third kappa shape index (κ3) is 2.21. The molecular formula is C8H14ClN3O. The summed E-state index contributed by atoms with van der Waals surface area (Å²) >= 11 is 5.99. The molecular weight excluding hydrogens is 190 g/mol. The fraction of sp³-hybridized carbons (Fsp3) is 0.625. The molecule has 5 heteroatoms. The number of halogens is 1. The Kier molecular flexibility index (Phi) is 3.71. The van der Waals surface area contributed by atoms with Crippen LogP contribution in [-0.2, 0) is 6.54 Å². The molecule has 4 nitrogen and oxygen atoms in total. The van der Waals surface area contributed by atoms with E-state index in [9.17, 15) is 0 Å². The molecule has 0 saturated heterocycles. The van der Waals surface area contributed by atoms with Crippen LogP contribution < -0.4 is 5.73 Å². The Morgan fingerprint density at radius 2 is 2.46 bits per heavy atom. The number of hydrogen-bond donors (Lipinski definition) is 2. The molecule has 1 aromatic rings. The average molecular weight is 204 g/mol. The van der Waals surface area contributed by atoms with Crippen LogP contribution in [0.15, 0.2) is 6.20 Å². The molecule has 1 atom stereocenters. The Labute approximate surface area is 82.3 Å². The minimum atomic E-state index is -0.224. The van der Waals surface area contributed by atoms with Crippen LogP contribution in [0.2, 0.25) is 5.15 Å². The number of aliphatic hydroxyl groups is 1. The Balaban J connectivity index is 2.82. The van der Waals surface area contributed by atoms with E-state index in [0.29, 0.717) is 11.6 Å². The lowest BCUT2D eigenvalue weighted by molar-refractivity contribution is 0.276. The van der Waals surface area contributed by atoms with Crippen LogP contribution in [0.3, 0.4) is 0 Å². The van der Waals surface area contributed by atoms with Crippen LogP contribution in [0.25, 0.3) is 0 Å². The molecule has 1 rings (SSSR count). The first-order chi connectivity index (χ1) is 6.20. The van der Waals surface area contributed by atoms with Gasteiger partial charge < -0.3 is 10.8 Å². The highest BCUT2D eigenvalue weighted by Crippen LogP contribution is 2.22. The summed E-state index contributed by atoms with van der Waals surface area (Å²) in [4.78, 5) is 0. The zero-order valence-corrected chi connectivity index (χ0v) is 8.33. The number of rotatable bonds is 4. The molecule has 13 heavy (non-hydrogen) atoms. The number of aliphatic hydroxyl groups excluding tert-OH is 1. The zero-order chi connectivity index (χ0) is 9.84. The highest BCUT2D eigenvalue weighted by molar-refractivity contribution is 6.30. The van der Waals surface area contributed by atoms with E-state index >= 15 is 0 Å². The summed E-state index contributed by atoms with van der Waals surface area (Å²) in [6.45, 7) is 2.75. The fourth-order valence-corrected chi connectivity index (χ4v) is 1.50. The zero-order valence-electron chi connectivity index (χ0n) is 7.57. The van der Waals surface area contributed by atoms with Gasteiger partial charge >= 0.3 is 0 Å². The lowest BCUT2D eigenvalue weighted by Gasteiger charge is -2.07. The Morgan fingerprint density at radius 1 is 1.77 bits per heavy atom. The molecule has 0 radical (unpaired) electrons. The third-order valence-electron chi connectivity index (χ3n) is 1.94. The van der Waals surface area contributed by atoms with Crippen LogP contribution in [0.5, 0.6) is 0 Å². The topological polar surface area (TPSA) is 64.1 Å². The van der Waals surface area contributed by atoms with Crippen LogP contribution in [-0.4, -0.2) is 21.5 Å². The smallest absolute Gasteiger partial charge is 0.131 e. The first-order valence-corrected chi connectivity index (χ1v) is 4.66. The SMILES string of the molecule is CCn1ncc(C(N)CCO)c1Cl. The van der Waals surface area contributed by atoms with Crippen LogP contribution in [0, 0.1) is 0 Å². The number of aryl methyl sites for hydroxylation is 1. The van der Waals surface area contributed by atoms with Gasteiger partial charge in [-0.05, 0) is 13.3 Å². The molecule has 0 aliphatic rings. The number of nitrogens with two attached hydrogens (primary N) is 1. The van der Waals surface area contributed by atoms with Gasteiger partial charge in [-0.2, -0.15) is 5.10 Å². The van der Waals surface area contributed by atoms with E-state index in [1.54, 1.807) is 10.9 Å². The maximum absolute atomic E-state index is 8.70. The summed E-state index contributed by atoms with van der Waals surface area (Å²) in [7, 11) is 0. The van der Waals surface area contributed by atoms with Crippen molar-refractivity contribution in [3.8, 4) is 0 Å². The Morgan fingerprint density at radius 3 is 2.92 bits per heavy atom. The molecule has 1 heterocycles. The van der Waals surface area contributed by atoms with Crippen LogP contribution in [0.1, 0.15) is 24.9 Å². The van der Waals surface area contributed by atoms with E-state index in [0.717, 1.165) is 12.1 Å². The van der Waals surface area contributed by atoms with Crippen molar-refractivity contribution in [1.82, 2.24) is 9.78 Å². The quantitative estimate of drug-likeness (QED) is 0.766. The summed E-state index contributed by atoms with van der Waals surface area (Å²) in [5.41, 5.74) is 6.58. The van der Waals surface area contributed by atoms with E-state index in [1.165, 1.54) is 0 Å². The summed E-state index contributed by atoms with van der Waals surface area (Å²) in [5, 5.41) is 13.3. The molecule has 0 aliphatic heterocycles. The van der Waals surface area contributed by atoms with Gasteiger partial charge in [0.25, 0.3) is 0 Å². The van der Waals surface area contributed by atoms with Crippen molar-refractivity contribution in [3.05, 3.63) is 16.9 Å². The van der Waals surface area contributed by atoms with Gasteiger partial charge in [-0.25, -0.2) is 0 Å². The number of nitrogens with zero attached hydrogens (tertiary/aromatic N) is 2. The van der Waals surface area contributed by atoms with E-state index in [1.807, 2.05) is 6.92 Å². The second-order valence-corrected chi connectivity index (χ2v) is 3.18. The largest absolute Gasteiger partial charge is 0.396 e. The summed E-state index contributed by atoms with van der Waals surface area (Å²) < 4.78 is 1.67. The highest BCUT2D eigenvalue weighted by Gasteiger charge is 2.13. The van der Waals surface area contributed by atoms with Gasteiger partial charge in [-0.15, -0.1) is 0 Å². The minimum Gasteiger partial charge on any atom is -0.396 e. The average Bonchev–Trinajstić information content (AvgIpc) is 2.47. The van der Waals surface area contributed by atoms with Crippen LogP contribution in [0.4, 0.5) is 0 Å². The Hall–Kier alpha value is -0.580. The van der Waals surface area contributed by atoms with Gasteiger partial charge in [-0.1, -0.05) is 11.6 Å². The lowest BCUT2D eigenvalue weighted by atomic mass is 10.1. The van der Waals surface area contributed by atoms with Crippen molar-refractivity contribution in [2.24, 2.45) is 5.73 Å². The van der Waals surface area contributed by atoms with E-state index in [2.05, 4.69) is 5.10 Å². The van der Waals surface area contributed by atoms with Crippen molar-refractivity contribution in [1.29, 1.82) is 0 Å². The first-order valence-electron chi connectivity index (χ1n) is 4.28. The molecule has 0 saturated carbocycles. The summed E-state index contributed by atoms with van der Waals surface area (Å²) in [6.07, 6.45) is 2.17. The maximum Gasteiger partial charge on any atom is 0.131 e. The fourth-order valence-electron chi connectivity index (χ4n) is 1.15. The van der Waals surface area contributed by atoms with Crippen molar-refractivity contribution in [2.45, 2.75) is 25.9 Å². The molecule has 3 N–H and O–H groups in total. The minimum absolute atomic E-state index is 0.0643. The monoisotopic (exact) mass is 203 g/mol. The highest BCUT2D eigenvalue weighted by atomic mass is 35.5. The molecule has 74 valence electrons. The van der Waals surface area contributed by atoms with Gasteiger partial charge in [0, 0.05) is 24.8 Å². The second-order valence-electron chi connectivity index (χ2n) is 2.83. The maximum atomic E-state index is 8.70. The van der Waals surface area contributed by atoms with Gasteiger partial charge in [0.15, 0.2) is 0 Å². The molecule has 1 aromatic heterocycles. The van der Waals surface area contributed by atoms with E-state index in [4.69, 9.17) is 22.4 Å². The third-order valence-corrected chi connectivity index (χ3v) is 2.35. The lowest BCUT2D eigenvalue weighted by Crippen LogP contribution is -2.11. The van der Waals surface area contributed by atoms with Crippen molar-refractivity contribution < 1.29 is 5.11 Å². The molecule has 0 amide bonds. The predicted octanol–water partition coefficient (Wildman–Crippen LogP) is 0.939. The van der Waals surface area contributed by atoms with Crippen molar-refractivity contribution in [3.63, 3.8) is 0 Å². The molecule has 0 fully saturated rings. The van der Waals surface area contributed by atoms with Gasteiger partial charge in [0.05, 0.1) is 6.20 Å². The molecule has 0 bridgehead atoms. The summed E-state index contributed by atoms with van der Waals surface area (Å²) in [5.74, 6) is 0.